The topological polar surface area (TPSA) is 50.4 Å². The predicted octanol–water partition coefficient (Wildman–Crippen LogP) is 2.21. The van der Waals surface area contributed by atoms with Crippen molar-refractivity contribution in [3.63, 3.8) is 0 Å². The van der Waals surface area contributed by atoms with Crippen LogP contribution in [-0.4, -0.2) is 32.7 Å². The summed E-state index contributed by atoms with van der Waals surface area (Å²) in [4.78, 5) is 11.5. The summed E-state index contributed by atoms with van der Waals surface area (Å²) in [5.41, 5.74) is 1.86. The Bertz CT molecular complexity index is 397. The Morgan fingerprint density at radius 1 is 1.44 bits per heavy atom. The first-order valence-electron chi connectivity index (χ1n) is 5.89. The van der Waals surface area contributed by atoms with E-state index in [2.05, 4.69) is 10.6 Å². The van der Waals surface area contributed by atoms with Crippen LogP contribution in [0.4, 0.5) is 5.69 Å². The second-order valence-electron chi connectivity index (χ2n) is 4.01. The van der Waals surface area contributed by atoms with E-state index in [1.165, 1.54) is 0 Å². The molecule has 0 bridgehead atoms. The maximum atomic E-state index is 11.5. The van der Waals surface area contributed by atoms with Gasteiger partial charge in [0.15, 0.2) is 0 Å². The lowest BCUT2D eigenvalue weighted by Crippen LogP contribution is -2.31. The molecular formula is C13H19ClN2O2. The largest absolute Gasteiger partial charge is 0.385 e. The van der Waals surface area contributed by atoms with Crippen LogP contribution in [0.15, 0.2) is 18.2 Å². The van der Waals surface area contributed by atoms with E-state index in [1.54, 1.807) is 7.11 Å². The molecule has 0 aliphatic rings. The van der Waals surface area contributed by atoms with Crippen molar-refractivity contribution in [2.75, 3.05) is 32.1 Å². The summed E-state index contributed by atoms with van der Waals surface area (Å²) in [7, 11) is 1.64. The molecule has 1 rings (SSSR count). The highest BCUT2D eigenvalue weighted by atomic mass is 35.5. The number of carbonyl (C=O) groups excluding carboxylic acids is 1. The molecule has 0 aliphatic heterocycles. The number of benzene rings is 1. The highest BCUT2D eigenvalue weighted by Gasteiger charge is 2.01. The fourth-order valence-electron chi connectivity index (χ4n) is 1.39. The van der Waals surface area contributed by atoms with E-state index < -0.39 is 0 Å². The minimum atomic E-state index is -0.0391. The SMILES string of the molecule is COCCCNC(=O)CNc1ccc(C)c(Cl)c1. The molecule has 0 saturated carbocycles. The molecule has 0 saturated heterocycles. The van der Waals surface area contributed by atoms with Crippen molar-refractivity contribution >= 4 is 23.2 Å². The van der Waals surface area contributed by atoms with Crippen LogP contribution >= 0.6 is 11.6 Å². The number of nitrogens with one attached hydrogen (secondary N) is 2. The van der Waals surface area contributed by atoms with Gasteiger partial charge < -0.3 is 15.4 Å². The second-order valence-corrected chi connectivity index (χ2v) is 4.42. The third-order valence-corrected chi connectivity index (χ3v) is 2.88. The van der Waals surface area contributed by atoms with Crippen LogP contribution in [0.5, 0.6) is 0 Å². The van der Waals surface area contributed by atoms with Crippen LogP contribution in [0.2, 0.25) is 5.02 Å². The molecule has 2 N–H and O–H groups in total. The molecule has 1 amide bonds. The highest BCUT2D eigenvalue weighted by molar-refractivity contribution is 6.31. The van der Waals surface area contributed by atoms with Crippen molar-refractivity contribution in [1.82, 2.24) is 5.32 Å². The van der Waals surface area contributed by atoms with Gasteiger partial charge in [0.1, 0.15) is 0 Å². The third kappa shape index (κ3) is 5.38. The summed E-state index contributed by atoms with van der Waals surface area (Å²) in [6.07, 6.45) is 0.818. The van der Waals surface area contributed by atoms with Crippen molar-refractivity contribution in [3.05, 3.63) is 28.8 Å². The molecule has 0 fully saturated rings. The number of ether oxygens (including phenoxy) is 1. The van der Waals surface area contributed by atoms with Gasteiger partial charge in [-0.2, -0.15) is 0 Å². The van der Waals surface area contributed by atoms with Gasteiger partial charge in [-0.1, -0.05) is 17.7 Å². The Balaban J connectivity index is 2.27. The monoisotopic (exact) mass is 270 g/mol. The molecule has 0 aromatic heterocycles. The van der Waals surface area contributed by atoms with Crippen molar-refractivity contribution in [2.24, 2.45) is 0 Å². The Hall–Kier alpha value is -1.26. The zero-order valence-electron chi connectivity index (χ0n) is 10.8. The Morgan fingerprint density at radius 3 is 2.89 bits per heavy atom. The van der Waals surface area contributed by atoms with Crippen molar-refractivity contribution in [2.45, 2.75) is 13.3 Å². The molecule has 1 aromatic carbocycles. The van der Waals surface area contributed by atoms with Gasteiger partial charge in [0, 0.05) is 31.0 Å². The van der Waals surface area contributed by atoms with E-state index in [9.17, 15) is 4.79 Å². The third-order valence-electron chi connectivity index (χ3n) is 2.47. The number of halogens is 1. The number of rotatable bonds is 7. The Kier molecular flexibility index (Phi) is 6.54. The number of amides is 1. The molecule has 0 aliphatic carbocycles. The van der Waals surface area contributed by atoms with Crippen LogP contribution in [-0.2, 0) is 9.53 Å². The molecule has 0 atom stereocenters. The number of hydrogen-bond donors (Lipinski definition) is 2. The summed E-state index contributed by atoms with van der Waals surface area (Å²) < 4.78 is 4.90. The summed E-state index contributed by atoms with van der Waals surface area (Å²) in [6, 6.07) is 5.63. The molecule has 5 heteroatoms. The molecular weight excluding hydrogens is 252 g/mol. The first-order chi connectivity index (χ1) is 8.63. The Morgan fingerprint density at radius 2 is 2.22 bits per heavy atom. The lowest BCUT2D eigenvalue weighted by atomic mass is 10.2. The predicted molar refractivity (Wildman–Crippen MR) is 74.2 cm³/mol. The van der Waals surface area contributed by atoms with E-state index in [0.717, 1.165) is 17.7 Å². The quantitative estimate of drug-likeness (QED) is 0.747. The average molecular weight is 271 g/mol. The maximum absolute atomic E-state index is 11.5. The van der Waals surface area contributed by atoms with Gasteiger partial charge in [-0.25, -0.2) is 0 Å². The van der Waals surface area contributed by atoms with E-state index in [-0.39, 0.29) is 12.5 Å². The number of hydrogen-bond acceptors (Lipinski definition) is 3. The molecule has 0 unspecified atom stereocenters. The molecule has 1 aromatic rings. The smallest absolute Gasteiger partial charge is 0.239 e. The van der Waals surface area contributed by atoms with Crippen LogP contribution < -0.4 is 10.6 Å². The molecule has 100 valence electrons. The zero-order valence-corrected chi connectivity index (χ0v) is 11.5. The minimum Gasteiger partial charge on any atom is -0.385 e. The normalized spacial score (nSPS) is 10.2. The number of methoxy groups -OCH3 is 1. The van der Waals surface area contributed by atoms with E-state index >= 15 is 0 Å². The van der Waals surface area contributed by atoms with Crippen molar-refractivity contribution < 1.29 is 9.53 Å². The van der Waals surface area contributed by atoms with Crippen LogP contribution in [0.25, 0.3) is 0 Å². The van der Waals surface area contributed by atoms with E-state index in [4.69, 9.17) is 16.3 Å². The molecule has 0 radical (unpaired) electrons. The fraction of sp³-hybridized carbons (Fsp3) is 0.462. The van der Waals surface area contributed by atoms with E-state index in [0.29, 0.717) is 18.2 Å². The van der Waals surface area contributed by atoms with Crippen LogP contribution in [0.1, 0.15) is 12.0 Å². The van der Waals surface area contributed by atoms with Gasteiger partial charge in [-0.15, -0.1) is 0 Å². The average Bonchev–Trinajstić information content (AvgIpc) is 2.36. The maximum Gasteiger partial charge on any atom is 0.239 e. The van der Waals surface area contributed by atoms with Crippen LogP contribution in [0.3, 0.4) is 0 Å². The lowest BCUT2D eigenvalue weighted by Gasteiger charge is -2.08. The standard InChI is InChI=1S/C13H19ClN2O2/c1-10-4-5-11(8-12(10)14)16-9-13(17)15-6-3-7-18-2/h4-5,8,16H,3,6-7,9H2,1-2H3,(H,15,17). The van der Waals surface area contributed by atoms with Gasteiger partial charge >= 0.3 is 0 Å². The summed E-state index contributed by atoms with van der Waals surface area (Å²) >= 11 is 5.99. The molecule has 0 heterocycles. The summed E-state index contributed by atoms with van der Waals surface area (Å²) in [5, 5.41) is 6.52. The van der Waals surface area contributed by atoms with Gasteiger partial charge in [0.2, 0.25) is 5.91 Å². The number of carbonyl (C=O) groups is 1. The molecule has 4 nitrogen and oxygen atoms in total. The minimum absolute atomic E-state index is 0.0391. The number of anilines is 1. The molecule has 0 spiro atoms. The zero-order chi connectivity index (χ0) is 13.4. The van der Waals surface area contributed by atoms with Crippen molar-refractivity contribution in [3.8, 4) is 0 Å². The van der Waals surface area contributed by atoms with Crippen LogP contribution in [0, 0.1) is 6.92 Å². The van der Waals surface area contributed by atoms with Gasteiger partial charge in [-0.05, 0) is 31.0 Å². The first kappa shape index (κ1) is 14.8. The van der Waals surface area contributed by atoms with Gasteiger partial charge in [0.25, 0.3) is 0 Å². The highest BCUT2D eigenvalue weighted by Crippen LogP contribution is 2.19. The van der Waals surface area contributed by atoms with Crippen molar-refractivity contribution in [1.29, 1.82) is 0 Å². The van der Waals surface area contributed by atoms with E-state index in [1.807, 2.05) is 25.1 Å². The fourth-order valence-corrected chi connectivity index (χ4v) is 1.57. The van der Waals surface area contributed by atoms with Gasteiger partial charge in [-0.3, -0.25) is 4.79 Å². The van der Waals surface area contributed by atoms with Gasteiger partial charge in [0.05, 0.1) is 6.54 Å². The molecule has 18 heavy (non-hydrogen) atoms. The lowest BCUT2D eigenvalue weighted by molar-refractivity contribution is -0.119. The summed E-state index contributed by atoms with van der Waals surface area (Å²) in [6.45, 7) is 3.46. The second kappa shape index (κ2) is 7.95. The summed E-state index contributed by atoms with van der Waals surface area (Å²) in [5.74, 6) is -0.0391. The Labute approximate surface area is 113 Å². The first-order valence-corrected chi connectivity index (χ1v) is 6.27. The number of aryl methyl sites for hydroxylation is 1.